The smallest absolute Gasteiger partial charge is 0.135 e. The first-order chi connectivity index (χ1) is 32.1. The van der Waals surface area contributed by atoms with Crippen LogP contribution >= 0.6 is 0 Å². The standard InChI is InChI=1S/C58H43N4O.Pt/c1-58(2,3)43-33-34-59-56(35-43)62-51-30-14-13-27-48(51)50-37-49(42-23-11-6-12-24-42)55(38-54(50)62)63-45-26-17-25-44(36-45)60-39-61(53-32-16-15-31-52(53)60)57-46(40-19-7-4-8-20-40)28-18-29-47(57)41-21-9-5-10-22-41;/h4-35,37,39H,1-3H3;/q-3;/i33D,34D,35D;. The Bertz CT molecular complexity index is 3410. The fraction of sp³-hybridized carbons (Fsp3) is 0.0690. The van der Waals surface area contributed by atoms with Gasteiger partial charge >= 0.3 is 0 Å². The fourth-order valence-electron chi connectivity index (χ4n) is 8.57. The van der Waals surface area contributed by atoms with Gasteiger partial charge in [0.1, 0.15) is 5.82 Å². The summed E-state index contributed by atoms with van der Waals surface area (Å²) >= 11 is 0. The molecule has 5 nitrogen and oxygen atoms in total. The van der Waals surface area contributed by atoms with E-state index in [1.54, 1.807) is 0 Å². The minimum Gasteiger partial charge on any atom is -0.509 e. The molecule has 0 N–H and O–H groups in total. The average molecular weight is 1010 g/mol. The van der Waals surface area contributed by atoms with Gasteiger partial charge in [-0.25, -0.2) is 4.98 Å². The molecule has 0 spiro atoms. The third-order valence-corrected chi connectivity index (χ3v) is 11.6. The van der Waals surface area contributed by atoms with Gasteiger partial charge in [0.15, 0.2) is 0 Å². The van der Waals surface area contributed by atoms with Crippen LogP contribution in [0.4, 0.5) is 22.7 Å². The summed E-state index contributed by atoms with van der Waals surface area (Å²) in [6.07, 6.45) is -0.181. The summed E-state index contributed by atoms with van der Waals surface area (Å²) < 4.78 is 35.9. The second-order valence-corrected chi connectivity index (χ2v) is 16.7. The van der Waals surface area contributed by atoms with Crippen LogP contribution in [0, 0.1) is 18.8 Å². The molecule has 0 bridgehead atoms. The molecule has 6 heteroatoms. The van der Waals surface area contributed by atoms with Crippen molar-refractivity contribution in [2.45, 2.75) is 26.2 Å². The number of para-hydroxylation sites is 4. The number of anilines is 4. The van der Waals surface area contributed by atoms with E-state index in [1.807, 2.05) is 92.1 Å². The van der Waals surface area contributed by atoms with Crippen LogP contribution in [0.3, 0.4) is 0 Å². The SMILES string of the molecule is [2H]c1nc(-n2c3[c-]c(Oc4[c-]c(N5[CH-]N(c6c(-c7ccccc7)cccc6-c6ccccc6)c6ccccc65)ccc4)c(-c4ccccc4)cc3c3ccccc32)c([2H])c(C(C)(C)C)c1[2H].[Pt]. The van der Waals surface area contributed by atoms with Crippen LogP contribution in [0.1, 0.15) is 30.4 Å². The number of aromatic nitrogens is 2. The predicted octanol–water partition coefficient (Wildman–Crippen LogP) is 15.3. The van der Waals surface area contributed by atoms with Crippen LogP contribution in [0.15, 0.2) is 200 Å². The first kappa shape index (κ1) is 37.4. The number of rotatable bonds is 8. The van der Waals surface area contributed by atoms with Crippen LogP contribution < -0.4 is 14.5 Å². The number of hydrogen-bond donors (Lipinski definition) is 0. The van der Waals surface area contributed by atoms with Gasteiger partial charge in [-0.1, -0.05) is 177 Å². The van der Waals surface area contributed by atoms with Crippen molar-refractivity contribution in [2.75, 3.05) is 9.80 Å². The van der Waals surface area contributed by atoms with Gasteiger partial charge in [-0.05, 0) is 57.8 Å². The number of ether oxygens (including phenoxy) is 1. The minimum atomic E-state index is -0.570. The van der Waals surface area contributed by atoms with Crippen LogP contribution in [0.5, 0.6) is 11.5 Å². The molecule has 0 atom stereocenters. The number of nitrogens with zero attached hydrogens (tertiary/aromatic N) is 4. The molecule has 2 aromatic heterocycles. The van der Waals surface area contributed by atoms with Crippen molar-refractivity contribution in [3.05, 3.63) is 225 Å². The number of pyridine rings is 1. The molecule has 0 aliphatic carbocycles. The molecule has 11 rings (SSSR count). The summed E-state index contributed by atoms with van der Waals surface area (Å²) in [6.45, 7) is 8.03. The van der Waals surface area contributed by atoms with Crippen LogP contribution in [-0.4, -0.2) is 9.55 Å². The Balaban J connectivity index is 0.00000525. The van der Waals surface area contributed by atoms with E-state index in [0.717, 1.165) is 72.4 Å². The molecule has 0 saturated heterocycles. The zero-order chi connectivity index (χ0) is 45.1. The molecule has 0 radical (unpaired) electrons. The average Bonchev–Trinajstić information content (AvgIpc) is 3.88. The summed E-state index contributed by atoms with van der Waals surface area (Å²) in [5, 5.41) is 1.83. The Labute approximate surface area is 393 Å². The van der Waals surface area contributed by atoms with Crippen LogP contribution in [-0.2, 0) is 26.5 Å². The number of fused-ring (bicyclic) bond motifs is 4. The second kappa shape index (κ2) is 16.8. The van der Waals surface area contributed by atoms with E-state index < -0.39 is 5.41 Å². The third kappa shape index (κ3) is 7.36. The Morgan fingerprint density at radius 3 is 1.83 bits per heavy atom. The van der Waals surface area contributed by atoms with Crippen LogP contribution in [0.25, 0.3) is 61.0 Å². The first-order valence-electron chi connectivity index (χ1n) is 22.6. The zero-order valence-electron chi connectivity index (χ0n) is 38.4. The Morgan fingerprint density at radius 1 is 0.594 bits per heavy atom. The first-order valence-corrected chi connectivity index (χ1v) is 21.1. The molecule has 3 heterocycles. The summed E-state index contributed by atoms with van der Waals surface area (Å²) in [7, 11) is 0. The molecular formula is C58H43N4OPt-3. The molecule has 1 aliphatic heterocycles. The maximum absolute atomic E-state index is 9.47. The third-order valence-electron chi connectivity index (χ3n) is 11.6. The largest absolute Gasteiger partial charge is 0.509 e. The van der Waals surface area contributed by atoms with Crippen molar-refractivity contribution < 1.29 is 29.9 Å². The summed E-state index contributed by atoms with van der Waals surface area (Å²) in [4.78, 5) is 9.04. The molecule has 64 heavy (non-hydrogen) atoms. The van der Waals surface area contributed by atoms with E-state index in [4.69, 9.17) is 7.48 Å². The van der Waals surface area contributed by atoms with Crippen LogP contribution in [0.2, 0.25) is 0 Å². The van der Waals surface area contributed by atoms with Crippen molar-refractivity contribution >= 4 is 44.6 Å². The van der Waals surface area contributed by atoms with E-state index in [0.29, 0.717) is 22.6 Å². The topological polar surface area (TPSA) is 33.5 Å². The molecule has 1 aliphatic rings. The summed E-state index contributed by atoms with van der Waals surface area (Å²) in [5.74, 6) is 1.23. The Hall–Kier alpha value is -7.20. The predicted molar refractivity (Wildman–Crippen MR) is 259 cm³/mol. The van der Waals surface area contributed by atoms with Gasteiger partial charge in [-0.15, -0.1) is 42.0 Å². The van der Waals surface area contributed by atoms with Crippen molar-refractivity contribution in [2.24, 2.45) is 0 Å². The Morgan fingerprint density at radius 2 is 1.17 bits per heavy atom. The molecule has 0 unspecified atom stereocenters. The molecule has 0 amide bonds. The monoisotopic (exact) mass is 1010 g/mol. The summed E-state index contributed by atoms with van der Waals surface area (Å²) in [6, 6.07) is 69.5. The fourth-order valence-corrected chi connectivity index (χ4v) is 8.57. The van der Waals surface area contributed by atoms with Gasteiger partial charge in [0.25, 0.3) is 0 Å². The molecule has 10 aromatic rings. The summed E-state index contributed by atoms with van der Waals surface area (Å²) in [5.41, 5.74) is 11.5. The number of hydrogen-bond acceptors (Lipinski definition) is 4. The van der Waals surface area contributed by atoms with E-state index >= 15 is 0 Å². The molecule has 0 fully saturated rings. The molecule has 0 saturated carbocycles. The Kier molecular flexibility index (Phi) is 9.82. The van der Waals surface area contributed by atoms with Gasteiger partial charge in [0.05, 0.1) is 4.11 Å². The van der Waals surface area contributed by atoms with Gasteiger partial charge in [-0.2, -0.15) is 12.1 Å². The van der Waals surface area contributed by atoms with E-state index in [1.165, 1.54) is 0 Å². The van der Waals surface area contributed by atoms with Gasteiger partial charge in [0.2, 0.25) is 0 Å². The quantitative estimate of drug-likeness (QED) is 0.142. The minimum absolute atomic E-state index is 0. The van der Waals surface area contributed by atoms with Crippen molar-refractivity contribution in [3.8, 4) is 50.7 Å². The van der Waals surface area contributed by atoms with Gasteiger partial charge < -0.3 is 19.1 Å². The molecular weight excluding hydrogens is 964 g/mol. The van der Waals surface area contributed by atoms with Crippen molar-refractivity contribution in [3.63, 3.8) is 0 Å². The van der Waals surface area contributed by atoms with E-state index in [-0.39, 0.29) is 45.1 Å². The molecule has 8 aromatic carbocycles. The second-order valence-electron chi connectivity index (χ2n) is 16.7. The molecule has 314 valence electrons. The van der Waals surface area contributed by atoms with Gasteiger partial charge in [-0.3, -0.25) is 0 Å². The zero-order valence-corrected chi connectivity index (χ0v) is 37.7. The van der Waals surface area contributed by atoms with Gasteiger partial charge in [0, 0.05) is 72.4 Å². The van der Waals surface area contributed by atoms with Crippen molar-refractivity contribution in [1.29, 1.82) is 0 Å². The normalized spacial score (nSPS) is 13.0. The maximum Gasteiger partial charge on any atom is 0.135 e. The van der Waals surface area contributed by atoms with Crippen molar-refractivity contribution in [1.82, 2.24) is 9.55 Å². The van der Waals surface area contributed by atoms with E-state index in [9.17, 15) is 1.37 Å². The van der Waals surface area contributed by atoms with E-state index in [2.05, 4.69) is 149 Å². The maximum atomic E-state index is 9.47. The number of benzene rings is 8.